The normalized spacial score (nSPS) is 13.3. The Kier molecular flexibility index (Phi) is 5.44. The average molecular weight is 257 g/mol. The minimum absolute atomic E-state index is 0.0462. The van der Waals surface area contributed by atoms with Crippen molar-refractivity contribution >= 4 is 9.84 Å². The standard InChI is InChI=1S/C12H19NO3S/c1-13-11(8-9-17(2,14)15)10-16-12-6-4-3-5-7-12/h3-7,11,13H,8-10H2,1-2H3. The van der Waals surface area contributed by atoms with Crippen LogP contribution in [0.25, 0.3) is 0 Å². The van der Waals surface area contributed by atoms with E-state index in [2.05, 4.69) is 5.32 Å². The van der Waals surface area contributed by atoms with Crippen molar-refractivity contribution < 1.29 is 13.2 Å². The molecule has 1 aromatic rings. The zero-order chi connectivity index (χ0) is 12.7. The Bertz CT molecular complexity index is 417. The van der Waals surface area contributed by atoms with Crippen LogP contribution in [0.1, 0.15) is 6.42 Å². The lowest BCUT2D eigenvalue weighted by molar-refractivity contribution is 0.267. The molecular weight excluding hydrogens is 238 g/mol. The van der Waals surface area contributed by atoms with E-state index in [1.54, 1.807) is 7.05 Å². The molecule has 0 fully saturated rings. The van der Waals surface area contributed by atoms with Crippen LogP contribution < -0.4 is 10.1 Å². The first kappa shape index (κ1) is 14.0. The van der Waals surface area contributed by atoms with E-state index >= 15 is 0 Å². The van der Waals surface area contributed by atoms with Gasteiger partial charge in [0.25, 0.3) is 0 Å². The maximum atomic E-state index is 11.1. The number of nitrogens with one attached hydrogen (secondary N) is 1. The summed E-state index contributed by atoms with van der Waals surface area (Å²) in [6, 6.07) is 9.53. The number of ether oxygens (including phenoxy) is 1. The van der Waals surface area contributed by atoms with Gasteiger partial charge in [0.1, 0.15) is 22.2 Å². The largest absolute Gasteiger partial charge is 0.492 e. The summed E-state index contributed by atoms with van der Waals surface area (Å²) in [6.07, 6.45) is 1.81. The molecule has 1 unspecified atom stereocenters. The molecule has 0 aliphatic heterocycles. The number of sulfone groups is 1. The maximum Gasteiger partial charge on any atom is 0.147 e. The van der Waals surface area contributed by atoms with Gasteiger partial charge in [-0.25, -0.2) is 8.42 Å². The Labute approximate surface area is 103 Å². The van der Waals surface area contributed by atoms with Crippen LogP contribution in [-0.2, 0) is 9.84 Å². The van der Waals surface area contributed by atoms with Crippen LogP contribution in [0, 0.1) is 0 Å². The van der Waals surface area contributed by atoms with Crippen molar-refractivity contribution in [3.63, 3.8) is 0 Å². The number of hydrogen-bond acceptors (Lipinski definition) is 4. The van der Waals surface area contributed by atoms with Gasteiger partial charge in [-0.05, 0) is 25.6 Å². The van der Waals surface area contributed by atoms with Crippen molar-refractivity contribution in [2.45, 2.75) is 12.5 Å². The summed E-state index contributed by atoms with van der Waals surface area (Å²) in [6.45, 7) is 0.468. The fourth-order valence-corrected chi connectivity index (χ4v) is 2.09. The molecule has 96 valence electrons. The highest BCUT2D eigenvalue weighted by Crippen LogP contribution is 2.09. The molecule has 0 amide bonds. The number of benzene rings is 1. The first-order chi connectivity index (χ1) is 8.01. The highest BCUT2D eigenvalue weighted by atomic mass is 32.2. The summed E-state index contributed by atoms with van der Waals surface area (Å²) in [7, 11) is -1.10. The molecule has 0 aliphatic rings. The minimum atomic E-state index is -2.91. The number of para-hydroxylation sites is 1. The van der Waals surface area contributed by atoms with Gasteiger partial charge >= 0.3 is 0 Å². The molecule has 0 heterocycles. The average Bonchev–Trinajstić information content (AvgIpc) is 2.29. The monoisotopic (exact) mass is 257 g/mol. The molecule has 1 atom stereocenters. The van der Waals surface area contributed by atoms with Crippen LogP contribution in [-0.4, -0.2) is 40.1 Å². The highest BCUT2D eigenvalue weighted by molar-refractivity contribution is 7.90. The molecule has 0 radical (unpaired) electrons. The summed E-state index contributed by atoms with van der Waals surface area (Å²) >= 11 is 0. The van der Waals surface area contributed by atoms with Crippen molar-refractivity contribution in [3.05, 3.63) is 30.3 Å². The van der Waals surface area contributed by atoms with E-state index < -0.39 is 9.84 Å². The molecule has 17 heavy (non-hydrogen) atoms. The number of rotatable bonds is 7. The fourth-order valence-electron chi connectivity index (χ4n) is 1.38. The van der Waals surface area contributed by atoms with Gasteiger partial charge in [0, 0.05) is 12.3 Å². The Morgan fingerprint density at radius 3 is 2.47 bits per heavy atom. The van der Waals surface area contributed by atoms with Crippen LogP contribution in [0.3, 0.4) is 0 Å². The minimum Gasteiger partial charge on any atom is -0.492 e. The van der Waals surface area contributed by atoms with Crippen LogP contribution in [0.15, 0.2) is 30.3 Å². The van der Waals surface area contributed by atoms with Gasteiger partial charge in [-0.1, -0.05) is 18.2 Å². The molecule has 0 saturated carbocycles. The second kappa shape index (κ2) is 6.61. The predicted octanol–water partition coefficient (Wildman–Crippen LogP) is 1.09. The molecular formula is C12H19NO3S. The molecule has 0 saturated heterocycles. The second-order valence-corrected chi connectivity index (χ2v) is 6.29. The molecule has 0 aliphatic carbocycles. The third kappa shape index (κ3) is 6.28. The third-order valence-corrected chi connectivity index (χ3v) is 3.42. The van der Waals surface area contributed by atoms with Crippen molar-refractivity contribution in [1.29, 1.82) is 0 Å². The second-order valence-electron chi connectivity index (χ2n) is 4.03. The lowest BCUT2D eigenvalue weighted by Gasteiger charge is -2.16. The first-order valence-electron chi connectivity index (χ1n) is 5.54. The smallest absolute Gasteiger partial charge is 0.147 e. The van der Waals surface area contributed by atoms with E-state index in [0.29, 0.717) is 13.0 Å². The maximum absolute atomic E-state index is 11.1. The van der Waals surface area contributed by atoms with Gasteiger partial charge in [-0.15, -0.1) is 0 Å². The molecule has 0 bridgehead atoms. The lowest BCUT2D eigenvalue weighted by Crippen LogP contribution is -2.33. The van der Waals surface area contributed by atoms with Crippen molar-refractivity contribution in [2.75, 3.05) is 25.7 Å². The van der Waals surface area contributed by atoms with Crippen molar-refractivity contribution in [1.82, 2.24) is 5.32 Å². The predicted molar refractivity (Wildman–Crippen MR) is 69.1 cm³/mol. The summed E-state index contributed by atoms with van der Waals surface area (Å²) < 4.78 is 27.7. The van der Waals surface area contributed by atoms with Gasteiger partial charge in [0.05, 0.1) is 5.75 Å². The van der Waals surface area contributed by atoms with Crippen LogP contribution in [0.4, 0.5) is 0 Å². The molecule has 1 rings (SSSR count). The van der Waals surface area contributed by atoms with E-state index in [-0.39, 0.29) is 11.8 Å². The fraction of sp³-hybridized carbons (Fsp3) is 0.500. The van der Waals surface area contributed by atoms with E-state index in [4.69, 9.17) is 4.74 Å². The Hall–Kier alpha value is -1.07. The zero-order valence-corrected chi connectivity index (χ0v) is 11.0. The van der Waals surface area contributed by atoms with E-state index in [1.807, 2.05) is 30.3 Å². The Balaban J connectivity index is 2.38. The van der Waals surface area contributed by atoms with Crippen molar-refractivity contribution in [2.24, 2.45) is 0 Å². The molecule has 5 heteroatoms. The highest BCUT2D eigenvalue weighted by Gasteiger charge is 2.11. The third-order valence-electron chi connectivity index (χ3n) is 2.44. The van der Waals surface area contributed by atoms with Crippen LogP contribution in [0.2, 0.25) is 0 Å². The van der Waals surface area contributed by atoms with Gasteiger partial charge in [-0.3, -0.25) is 0 Å². The van der Waals surface area contributed by atoms with E-state index in [1.165, 1.54) is 6.26 Å². The van der Waals surface area contributed by atoms with Gasteiger partial charge in [0.15, 0.2) is 0 Å². The van der Waals surface area contributed by atoms with Gasteiger partial charge < -0.3 is 10.1 Å². The molecule has 0 spiro atoms. The summed E-state index contributed by atoms with van der Waals surface area (Å²) in [4.78, 5) is 0. The van der Waals surface area contributed by atoms with Crippen molar-refractivity contribution in [3.8, 4) is 5.75 Å². The topological polar surface area (TPSA) is 55.4 Å². The van der Waals surface area contributed by atoms with Crippen LogP contribution >= 0.6 is 0 Å². The lowest BCUT2D eigenvalue weighted by atomic mass is 10.2. The van der Waals surface area contributed by atoms with Crippen LogP contribution in [0.5, 0.6) is 5.75 Å². The molecule has 1 aromatic carbocycles. The number of hydrogen-bond donors (Lipinski definition) is 1. The molecule has 4 nitrogen and oxygen atoms in total. The molecule has 0 aromatic heterocycles. The Morgan fingerprint density at radius 1 is 1.29 bits per heavy atom. The summed E-state index contributed by atoms with van der Waals surface area (Å²) in [5, 5.41) is 3.06. The molecule has 1 N–H and O–H groups in total. The van der Waals surface area contributed by atoms with E-state index in [0.717, 1.165) is 5.75 Å². The zero-order valence-electron chi connectivity index (χ0n) is 10.2. The first-order valence-corrected chi connectivity index (χ1v) is 7.60. The van der Waals surface area contributed by atoms with Gasteiger partial charge in [0.2, 0.25) is 0 Å². The number of likely N-dealkylation sites (N-methyl/N-ethyl adjacent to an activating group) is 1. The van der Waals surface area contributed by atoms with E-state index in [9.17, 15) is 8.42 Å². The SMILES string of the molecule is CNC(CCS(C)(=O)=O)COc1ccccc1. The summed E-state index contributed by atoms with van der Waals surface area (Å²) in [5.41, 5.74) is 0. The van der Waals surface area contributed by atoms with Gasteiger partial charge in [-0.2, -0.15) is 0 Å². The summed E-state index contributed by atoms with van der Waals surface area (Å²) in [5.74, 6) is 0.975. The quantitative estimate of drug-likeness (QED) is 0.794. The Morgan fingerprint density at radius 2 is 1.94 bits per heavy atom.